The molecule has 2 unspecified atom stereocenters. The Balaban J connectivity index is 0.000000274. The molecule has 2 heterocycles. The van der Waals surface area contributed by atoms with E-state index in [1.165, 1.54) is 38.9 Å². The van der Waals surface area contributed by atoms with E-state index in [-0.39, 0.29) is 60.1 Å². The largest absolute Gasteiger partial charge is 0.478 e. The van der Waals surface area contributed by atoms with Crippen molar-refractivity contribution in [3.8, 4) is 11.8 Å². The normalized spacial score (nSPS) is 11.5. The standard InChI is InChI=1S/C28H36N2O3.C27H34N2O2.C21H30O5.C20H28O4/c1-5-32-26(31)14-10-13-22-15-17-23(18-16-22)19-25-27(21(3)4)29-30(28(25)33-6-2)20-24-11-8-7-9-12-24;1-5-31-27-25(18-23-16-14-22(15-17-23)13-9-10-21(4)30)26(20(2)3)28-29(27)19-24-11-7-6-8-12-24;1-5-25-19(22)9-7-8-16-10-12-17(13-11-16)14-18(20(23)15(3)4)21(24)26-6-2;1-5-24-20(23)18(19(22)14(2)3)13-17-11-9-16(10-12-17)8-6-7-15(4)21/h7-9,11-12,15-18,21H,5-6,10,13-14,19-20H2,1-4H3;6-8,11-12,14-17,20H,5,9-10,13,18-19H2,1-4H3;10-13,15,18H,5-9,14H2,1-4H3;9-12,14,18H,5-8,13H2,1-4H3. The van der Waals surface area contributed by atoms with E-state index >= 15 is 0 Å². The maximum Gasteiger partial charge on any atom is 0.316 e. The van der Waals surface area contributed by atoms with E-state index in [0.717, 1.165) is 115 Å². The molecule has 0 saturated carbocycles. The van der Waals surface area contributed by atoms with Crippen LogP contribution in [0.1, 0.15) is 252 Å². The smallest absolute Gasteiger partial charge is 0.316 e. The summed E-state index contributed by atoms with van der Waals surface area (Å²) in [7, 11) is 0. The van der Waals surface area contributed by atoms with Crippen molar-refractivity contribution in [1.29, 1.82) is 0 Å². The van der Waals surface area contributed by atoms with Crippen molar-refractivity contribution in [1.82, 2.24) is 19.6 Å². The second-order valence-electron chi connectivity index (χ2n) is 30.0. The molecule has 0 amide bonds. The molecule has 8 rings (SSSR count). The Hall–Kier alpha value is -10.1. The fourth-order valence-corrected chi connectivity index (χ4v) is 13.1. The zero-order valence-electron chi connectivity index (χ0n) is 71.0. The van der Waals surface area contributed by atoms with Crippen LogP contribution in [-0.2, 0) is 122 Å². The summed E-state index contributed by atoms with van der Waals surface area (Å²) in [5.74, 6) is -0.466. The molecule has 0 N–H and O–H groups in total. The first kappa shape index (κ1) is 94.5. The van der Waals surface area contributed by atoms with Crippen molar-refractivity contribution >= 4 is 47.0 Å². The van der Waals surface area contributed by atoms with E-state index in [1.54, 1.807) is 62.3 Å². The van der Waals surface area contributed by atoms with Gasteiger partial charge in [-0.3, -0.25) is 28.8 Å². The van der Waals surface area contributed by atoms with Gasteiger partial charge < -0.3 is 38.0 Å². The minimum absolute atomic E-state index is 0.0843. The van der Waals surface area contributed by atoms with Crippen LogP contribution in [0.5, 0.6) is 11.8 Å². The van der Waals surface area contributed by atoms with Gasteiger partial charge in [0.05, 0.1) is 64.1 Å². The molecule has 0 aliphatic carbocycles. The zero-order valence-corrected chi connectivity index (χ0v) is 71.0. The SMILES string of the molecule is CCOC(=O)C(Cc1ccc(CCCC(C)=O)cc1)C(=O)C(C)C.CCOC(=O)CCCc1ccc(CC(C(=O)OCC)C(=O)C(C)C)cc1.CCOC(=O)CCCc1ccc(Cc2c(C(C)C)nn(Cc3ccccc3)c2OCC)cc1.CCOc1c(Cc2ccc(CCCC(C)=O)cc2)c(C(C)C)nn1Cc1ccccc1. The number of ether oxygens (including phenoxy) is 6. The summed E-state index contributed by atoms with van der Waals surface area (Å²) in [5, 5.41) is 9.91. The number of nitrogens with zero attached hydrogens (tertiary/aromatic N) is 4. The maximum absolute atomic E-state index is 12.3. The monoisotopic (exact) mass is 1560 g/mol. The van der Waals surface area contributed by atoms with Crippen LogP contribution in [0.25, 0.3) is 0 Å². The summed E-state index contributed by atoms with van der Waals surface area (Å²) in [5.41, 5.74) is 16.1. The molecular weight excluding hydrogens is 1430 g/mol. The van der Waals surface area contributed by atoms with Gasteiger partial charge in [0.25, 0.3) is 0 Å². The quantitative estimate of drug-likeness (QED) is 0.0196. The van der Waals surface area contributed by atoms with Gasteiger partial charge in [-0.2, -0.15) is 10.2 Å². The van der Waals surface area contributed by atoms with E-state index in [1.807, 2.05) is 90.8 Å². The first-order valence-electron chi connectivity index (χ1n) is 41.3. The number of aromatic nitrogens is 4. The number of carbonyl (C=O) groups excluding carboxylic acids is 8. The molecule has 18 nitrogen and oxygen atoms in total. The van der Waals surface area contributed by atoms with Crippen LogP contribution >= 0.6 is 0 Å². The number of esters is 4. The third kappa shape index (κ3) is 33.5. The molecule has 114 heavy (non-hydrogen) atoms. The van der Waals surface area contributed by atoms with Gasteiger partial charge in [-0.25, -0.2) is 9.36 Å². The molecule has 0 saturated heterocycles. The minimum Gasteiger partial charge on any atom is -0.478 e. The molecular formula is C96H128N4O14. The lowest BCUT2D eigenvalue weighted by Crippen LogP contribution is -2.31. The number of hydrogen-bond donors (Lipinski definition) is 0. The molecule has 8 aromatic rings. The number of hydrogen-bond acceptors (Lipinski definition) is 16. The van der Waals surface area contributed by atoms with E-state index in [4.69, 9.17) is 38.6 Å². The summed E-state index contributed by atoms with van der Waals surface area (Å²) < 4.78 is 36.3. The highest BCUT2D eigenvalue weighted by molar-refractivity contribution is 6.01. The average molecular weight is 1560 g/mol. The number of ketones is 4. The van der Waals surface area contributed by atoms with Gasteiger partial charge in [0.15, 0.2) is 0 Å². The van der Waals surface area contributed by atoms with Crippen molar-refractivity contribution in [2.24, 2.45) is 23.7 Å². The Morgan fingerprint density at radius 3 is 0.877 bits per heavy atom. The van der Waals surface area contributed by atoms with Crippen molar-refractivity contribution < 1.29 is 66.8 Å². The van der Waals surface area contributed by atoms with Gasteiger partial charge in [0.2, 0.25) is 11.8 Å². The van der Waals surface area contributed by atoms with Crippen LogP contribution in [0.3, 0.4) is 0 Å². The molecule has 0 aliphatic heterocycles. The second-order valence-corrected chi connectivity index (χ2v) is 30.0. The van der Waals surface area contributed by atoms with Gasteiger partial charge in [0, 0.05) is 61.5 Å². The molecule has 0 radical (unpaired) electrons. The first-order chi connectivity index (χ1) is 54.7. The number of rotatable bonds is 44. The molecule has 616 valence electrons. The predicted octanol–water partition coefficient (Wildman–Crippen LogP) is 19.0. The van der Waals surface area contributed by atoms with Crippen molar-refractivity contribution in [3.63, 3.8) is 0 Å². The third-order valence-corrected chi connectivity index (χ3v) is 19.1. The Morgan fingerprint density at radius 1 is 0.333 bits per heavy atom. The molecule has 0 fully saturated rings. The molecule has 2 aromatic heterocycles. The highest BCUT2D eigenvalue weighted by Gasteiger charge is 2.32. The molecule has 0 aliphatic rings. The lowest BCUT2D eigenvalue weighted by molar-refractivity contribution is -0.153. The number of Topliss-reactive ketones (excluding diaryl/α,β-unsaturated/α-hetero) is 4. The number of carbonyl (C=O) groups is 8. The van der Waals surface area contributed by atoms with Crippen LogP contribution in [0.15, 0.2) is 158 Å². The first-order valence-corrected chi connectivity index (χ1v) is 41.3. The van der Waals surface area contributed by atoms with Gasteiger partial charge in [0.1, 0.15) is 35.0 Å². The highest BCUT2D eigenvalue weighted by Crippen LogP contribution is 2.34. The van der Waals surface area contributed by atoms with Crippen molar-refractivity contribution in [2.75, 3.05) is 39.6 Å². The fraction of sp³-hybridized carbons (Fsp3) is 0.479. The summed E-state index contributed by atoms with van der Waals surface area (Å²) in [6, 6.07) is 53.9. The van der Waals surface area contributed by atoms with Crippen molar-refractivity contribution in [3.05, 3.63) is 236 Å². The maximum atomic E-state index is 12.3. The zero-order chi connectivity index (χ0) is 83.5. The molecule has 0 spiro atoms. The summed E-state index contributed by atoms with van der Waals surface area (Å²) >= 11 is 0. The van der Waals surface area contributed by atoms with Gasteiger partial charge in [-0.1, -0.05) is 213 Å². The van der Waals surface area contributed by atoms with Crippen LogP contribution < -0.4 is 9.47 Å². The minimum atomic E-state index is -0.760. The van der Waals surface area contributed by atoms with Crippen LogP contribution in [0, 0.1) is 23.7 Å². The highest BCUT2D eigenvalue weighted by atomic mass is 16.5. The molecule has 2 atom stereocenters. The van der Waals surface area contributed by atoms with Gasteiger partial charge >= 0.3 is 23.9 Å². The number of benzene rings is 6. The summed E-state index contributed by atoms with van der Waals surface area (Å²) in [6.45, 7) is 34.3. The fourth-order valence-electron chi connectivity index (χ4n) is 13.1. The Morgan fingerprint density at radius 2 is 0.614 bits per heavy atom. The van der Waals surface area contributed by atoms with Gasteiger partial charge in [-0.15, -0.1) is 0 Å². The summed E-state index contributed by atoms with van der Waals surface area (Å²) in [4.78, 5) is 93.9. The third-order valence-electron chi connectivity index (χ3n) is 19.1. The van der Waals surface area contributed by atoms with Crippen LogP contribution in [-0.4, -0.2) is 106 Å². The van der Waals surface area contributed by atoms with Crippen LogP contribution in [0.2, 0.25) is 0 Å². The van der Waals surface area contributed by atoms with Gasteiger partial charge in [-0.05, 0) is 187 Å². The average Bonchev–Trinajstić information content (AvgIpc) is 1.66. The molecule has 0 bridgehead atoms. The lowest BCUT2D eigenvalue weighted by Gasteiger charge is -2.17. The number of aryl methyl sites for hydroxylation is 4. The predicted molar refractivity (Wildman–Crippen MR) is 451 cm³/mol. The Kier molecular flexibility index (Phi) is 42.8. The van der Waals surface area contributed by atoms with Crippen molar-refractivity contribution in [2.45, 2.75) is 238 Å². The Bertz CT molecular complexity index is 4200. The Labute approximate surface area is 679 Å². The molecule has 18 heteroatoms. The molecule has 6 aromatic carbocycles. The van der Waals surface area contributed by atoms with E-state index in [2.05, 4.69) is 125 Å². The van der Waals surface area contributed by atoms with E-state index < -0.39 is 23.8 Å². The second kappa shape index (κ2) is 51.6. The lowest BCUT2D eigenvalue weighted by atomic mass is 9.89. The summed E-state index contributed by atoms with van der Waals surface area (Å²) in [6.07, 6.45) is 11.1. The van der Waals surface area contributed by atoms with E-state index in [0.29, 0.717) is 89.9 Å². The van der Waals surface area contributed by atoms with E-state index in [9.17, 15) is 38.4 Å². The van der Waals surface area contributed by atoms with Crippen LogP contribution in [0.4, 0.5) is 0 Å². The topological polar surface area (TPSA) is 228 Å².